The minimum absolute atomic E-state index is 0.478. The Labute approximate surface area is 164 Å². The maximum Gasteiger partial charge on any atom is 0.164 e. The van der Waals surface area contributed by atoms with Crippen molar-refractivity contribution in [1.82, 2.24) is 0 Å². The van der Waals surface area contributed by atoms with Crippen molar-refractivity contribution in [3.63, 3.8) is 0 Å². The van der Waals surface area contributed by atoms with Crippen LogP contribution in [0.1, 0.15) is 40.2 Å². The van der Waals surface area contributed by atoms with Crippen molar-refractivity contribution < 1.29 is 9.47 Å². The molecule has 27 heavy (non-hydrogen) atoms. The number of nitrogen functional groups attached to an aromatic ring is 1. The average molecular weight is 368 g/mol. The molecule has 0 unspecified atom stereocenters. The lowest BCUT2D eigenvalue weighted by Crippen LogP contribution is -2.02. The van der Waals surface area contributed by atoms with E-state index in [4.69, 9.17) is 15.2 Å². The summed E-state index contributed by atoms with van der Waals surface area (Å²) in [6.45, 7) is 14.0. The van der Waals surface area contributed by atoms with Crippen molar-refractivity contribution in [3.8, 4) is 5.75 Å². The van der Waals surface area contributed by atoms with Gasteiger partial charge in [0, 0.05) is 0 Å². The average Bonchev–Trinajstić information content (AvgIpc) is 2.74. The van der Waals surface area contributed by atoms with Crippen molar-refractivity contribution in [2.45, 2.75) is 41.2 Å². The third-order valence-corrected chi connectivity index (χ3v) is 3.17. The first-order valence-electron chi connectivity index (χ1n) is 9.39. The van der Waals surface area contributed by atoms with Gasteiger partial charge in [0.25, 0.3) is 0 Å². The van der Waals surface area contributed by atoms with Crippen LogP contribution in [0.5, 0.6) is 5.75 Å². The van der Waals surface area contributed by atoms with Gasteiger partial charge >= 0.3 is 0 Å². The van der Waals surface area contributed by atoms with E-state index in [9.17, 15) is 0 Å². The fourth-order valence-electron chi connectivity index (χ4n) is 1.91. The van der Waals surface area contributed by atoms with Crippen LogP contribution in [0.2, 0.25) is 0 Å². The zero-order valence-electron chi connectivity index (χ0n) is 17.2. The molecule has 3 nitrogen and oxygen atoms in total. The molecule has 0 heterocycles. The van der Waals surface area contributed by atoms with Gasteiger partial charge < -0.3 is 15.2 Å². The zero-order chi connectivity index (χ0) is 20.5. The quantitative estimate of drug-likeness (QED) is 0.329. The molecule has 0 aromatic heterocycles. The number of para-hydroxylation sites is 2. The molecular formula is C24H33NO2. The highest BCUT2D eigenvalue weighted by Crippen LogP contribution is 2.24. The maximum absolute atomic E-state index is 5.93. The van der Waals surface area contributed by atoms with Gasteiger partial charge in [0.05, 0.1) is 5.69 Å². The molecule has 2 N–H and O–H groups in total. The van der Waals surface area contributed by atoms with Gasteiger partial charge in [-0.3, -0.25) is 0 Å². The van der Waals surface area contributed by atoms with Gasteiger partial charge in [-0.15, -0.1) is 0 Å². The van der Waals surface area contributed by atoms with E-state index in [1.54, 1.807) is 24.3 Å². The SMILES string of the molecule is C=C/C=C\C(Oc1ccccc1N)=C(/C)OCc1ccccc1.CC.CC. The lowest BCUT2D eigenvalue weighted by Gasteiger charge is -2.13. The number of rotatable bonds is 7. The van der Waals surface area contributed by atoms with Crippen molar-refractivity contribution in [3.05, 3.63) is 96.5 Å². The summed E-state index contributed by atoms with van der Waals surface area (Å²) < 4.78 is 11.7. The van der Waals surface area contributed by atoms with Crippen LogP contribution in [-0.4, -0.2) is 0 Å². The van der Waals surface area contributed by atoms with E-state index in [1.165, 1.54) is 0 Å². The Kier molecular flexibility index (Phi) is 13.7. The van der Waals surface area contributed by atoms with E-state index in [1.807, 2.05) is 83.1 Å². The lowest BCUT2D eigenvalue weighted by molar-refractivity contribution is 0.186. The van der Waals surface area contributed by atoms with Gasteiger partial charge in [-0.05, 0) is 30.7 Å². The molecule has 0 aliphatic rings. The molecule has 146 valence electrons. The Bertz CT molecular complexity index is 703. The van der Waals surface area contributed by atoms with Gasteiger partial charge in [-0.1, -0.05) is 88.9 Å². The van der Waals surface area contributed by atoms with Gasteiger partial charge in [-0.25, -0.2) is 0 Å². The van der Waals surface area contributed by atoms with E-state index in [0.717, 1.165) is 5.56 Å². The molecule has 0 amide bonds. The Morgan fingerprint density at radius 3 is 2.15 bits per heavy atom. The summed E-state index contributed by atoms with van der Waals surface area (Å²) in [5, 5.41) is 0. The van der Waals surface area contributed by atoms with Crippen molar-refractivity contribution >= 4 is 5.69 Å². The van der Waals surface area contributed by atoms with Crippen LogP contribution in [0.4, 0.5) is 5.69 Å². The number of hydrogen-bond donors (Lipinski definition) is 1. The second-order valence-corrected chi connectivity index (χ2v) is 4.93. The fraction of sp³-hybridized carbons (Fsp3) is 0.250. The summed E-state index contributed by atoms with van der Waals surface area (Å²) in [5.74, 6) is 1.87. The van der Waals surface area contributed by atoms with Crippen molar-refractivity contribution in [2.24, 2.45) is 0 Å². The van der Waals surface area contributed by atoms with Gasteiger partial charge in [0.15, 0.2) is 5.76 Å². The second-order valence-electron chi connectivity index (χ2n) is 4.93. The standard InChI is InChI=1S/C20H21NO2.2C2H6/c1-3-4-13-19(23-20-14-9-8-12-18(20)21)16(2)22-15-17-10-6-5-7-11-17;2*1-2/h3-14H,1,15,21H2,2H3;2*1-2H3/b13-4-,19-16-;;. The van der Waals surface area contributed by atoms with Gasteiger partial charge in [0.2, 0.25) is 0 Å². The summed E-state index contributed by atoms with van der Waals surface area (Å²) in [5.41, 5.74) is 7.60. The molecule has 0 saturated carbocycles. The third-order valence-electron chi connectivity index (χ3n) is 3.17. The van der Waals surface area contributed by atoms with E-state index in [0.29, 0.717) is 29.6 Å². The van der Waals surface area contributed by atoms with Crippen LogP contribution in [0.25, 0.3) is 0 Å². The molecule has 0 spiro atoms. The zero-order valence-corrected chi connectivity index (χ0v) is 17.2. The summed E-state index contributed by atoms with van der Waals surface area (Å²) in [7, 11) is 0. The summed E-state index contributed by atoms with van der Waals surface area (Å²) in [6, 6.07) is 17.3. The Hall–Kier alpha value is -2.94. The topological polar surface area (TPSA) is 44.5 Å². The van der Waals surface area contributed by atoms with Crippen LogP contribution in [-0.2, 0) is 11.3 Å². The first-order chi connectivity index (χ1) is 13.2. The molecule has 2 aromatic rings. The predicted molar refractivity (Wildman–Crippen MR) is 117 cm³/mol. The highest BCUT2D eigenvalue weighted by molar-refractivity contribution is 5.53. The predicted octanol–water partition coefficient (Wildman–Crippen LogP) is 6.89. The molecular weight excluding hydrogens is 334 g/mol. The van der Waals surface area contributed by atoms with Crippen LogP contribution in [0.15, 0.2) is 90.9 Å². The first-order valence-corrected chi connectivity index (χ1v) is 9.39. The smallest absolute Gasteiger partial charge is 0.164 e. The number of ether oxygens (including phenoxy) is 2. The molecule has 0 aliphatic heterocycles. The Morgan fingerprint density at radius 2 is 1.56 bits per heavy atom. The molecule has 2 rings (SSSR count). The minimum atomic E-state index is 0.478. The first kappa shape index (κ1) is 24.1. The molecule has 0 atom stereocenters. The molecule has 0 saturated heterocycles. The maximum atomic E-state index is 5.93. The molecule has 0 aliphatic carbocycles. The lowest BCUT2D eigenvalue weighted by atomic mass is 10.2. The van der Waals surface area contributed by atoms with E-state index < -0.39 is 0 Å². The van der Waals surface area contributed by atoms with Crippen LogP contribution >= 0.6 is 0 Å². The fourth-order valence-corrected chi connectivity index (χ4v) is 1.91. The van der Waals surface area contributed by atoms with Crippen molar-refractivity contribution in [2.75, 3.05) is 5.73 Å². The number of benzene rings is 2. The molecule has 0 bridgehead atoms. The summed E-state index contributed by atoms with van der Waals surface area (Å²) in [4.78, 5) is 0. The van der Waals surface area contributed by atoms with Crippen molar-refractivity contribution in [1.29, 1.82) is 0 Å². The van der Waals surface area contributed by atoms with Crippen LogP contribution in [0.3, 0.4) is 0 Å². The normalized spacial score (nSPS) is 10.6. The molecule has 3 heteroatoms. The Balaban J connectivity index is 0.00000158. The summed E-state index contributed by atoms with van der Waals surface area (Å²) >= 11 is 0. The number of hydrogen-bond acceptors (Lipinski definition) is 3. The largest absolute Gasteiger partial charge is 0.490 e. The Morgan fingerprint density at radius 1 is 0.963 bits per heavy atom. The van der Waals surface area contributed by atoms with E-state index in [2.05, 4.69) is 6.58 Å². The highest BCUT2D eigenvalue weighted by Gasteiger charge is 2.07. The van der Waals surface area contributed by atoms with Gasteiger partial charge in [0.1, 0.15) is 18.1 Å². The number of allylic oxidation sites excluding steroid dienone is 4. The monoisotopic (exact) mass is 367 g/mol. The van der Waals surface area contributed by atoms with E-state index >= 15 is 0 Å². The van der Waals surface area contributed by atoms with Gasteiger partial charge in [-0.2, -0.15) is 0 Å². The molecule has 2 aromatic carbocycles. The van der Waals surface area contributed by atoms with E-state index in [-0.39, 0.29) is 0 Å². The van der Waals surface area contributed by atoms with Crippen LogP contribution in [0, 0.1) is 0 Å². The molecule has 0 fully saturated rings. The number of nitrogens with two attached hydrogens (primary N) is 1. The number of anilines is 1. The second kappa shape index (κ2) is 15.3. The minimum Gasteiger partial charge on any atom is -0.490 e. The van der Waals surface area contributed by atoms with Crippen LogP contribution < -0.4 is 10.5 Å². The summed E-state index contributed by atoms with van der Waals surface area (Å²) in [6.07, 6.45) is 5.28. The highest BCUT2D eigenvalue weighted by atomic mass is 16.5. The third kappa shape index (κ3) is 9.36. The molecule has 0 radical (unpaired) electrons.